The molecule has 5 rings (SSSR count). The van der Waals surface area contributed by atoms with Crippen LogP contribution in [-0.4, -0.2) is 5.78 Å². The average molecular weight is 513 g/mol. The number of ketones is 1. The van der Waals surface area contributed by atoms with Crippen LogP contribution in [0.25, 0.3) is 0 Å². The fourth-order valence-electron chi connectivity index (χ4n) is 8.41. The van der Waals surface area contributed by atoms with Crippen LogP contribution in [0.5, 0.6) is 0 Å². The first kappa shape index (κ1) is 27.7. The van der Waals surface area contributed by atoms with Crippen molar-refractivity contribution in [2.45, 2.75) is 117 Å². The van der Waals surface area contributed by atoms with E-state index in [0.29, 0.717) is 24.0 Å². The maximum atomic E-state index is 13.2. The first-order valence-corrected chi connectivity index (χ1v) is 16.1. The van der Waals surface area contributed by atoms with Crippen LogP contribution < -0.4 is 0 Å². The summed E-state index contributed by atoms with van der Waals surface area (Å²) < 4.78 is 0. The van der Waals surface area contributed by atoms with Crippen LogP contribution in [0.15, 0.2) is 42.5 Å². The Hall–Kier alpha value is -1.89. The third-order valence-electron chi connectivity index (χ3n) is 10.9. The first-order valence-electron chi connectivity index (χ1n) is 16.1. The molecule has 0 heterocycles. The van der Waals surface area contributed by atoms with E-state index in [1.165, 1.54) is 62.5 Å². The van der Waals surface area contributed by atoms with Gasteiger partial charge in [0.15, 0.2) is 5.78 Å². The highest BCUT2D eigenvalue weighted by Crippen LogP contribution is 2.42. The van der Waals surface area contributed by atoms with Crippen LogP contribution in [0.1, 0.15) is 130 Å². The molecule has 0 saturated heterocycles. The Bertz CT molecular complexity index is 1050. The lowest BCUT2D eigenvalue weighted by Crippen LogP contribution is -2.24. The van der Waals surface area contributed by atoms with E-state index < -0.39 is 0 Å². The molecule has 3 unspecified atom stereocenters. The topological polar surface area (TPSA) is 17.1 Å². The minimum Gasteiger partial charge on any atom is -0.294 e. The van der Waals surface area contributed by atoms with Gasteiger partial charge in [0, 0.05) is 12.0 Å². The minimum atomic E-state index is 0.330. The standard InChI is InChI=1S/C37H52O/c1-25-19-26(2)21-36(20-25)28(4)33-17-18-34-22-30(12-16-35(34)24-33)23-37(38)32-14-10-29(11-15-32)9-13-31-8-6-5-7-27(31)3/h10-11,14-15,17-18,24-28,30-31,36H,5-9,12-13,16,19-23H2,1-4H3/t25?,26?,27?,28-,30+,31+,36?/m1/s1. The van der Waals surface area contributed by atoms with Gasteiger partial charge in [-0.3, -0.25) is 4.79 Å². The molecule has 3 aliphatic rings. The van der Waals surface area contributed by atoms with Gasteiger partial charge in [0.05, 0.1) is 0 Å². The molecule has 1 nitrogen and oxygen atoms in total. The summed E-state index contributed by atoms with van der Waals surface area (Å²) in [6.45, 7) is 9.78. The van der Waals surface area contributed by atoms with Crippen molar-refractivity contribution in [3.8, 4) is 0 Å². The number of hydrogen-bond acceptors (Lipinski definition) is 1. The summed E-state index contributed by atoms with van der Waals surface area (Å²) in [7, 11) is 0. The van der Waals surface area contributed by atoms with Gasteiger partial charge in [-0.1, -0.05) is 95.8 Å². The van der Waals surface area contributed by atoms with Crippen LogP contribution in [-0.2, 0) is 19.3 Å². The van der Waals surface area contributed by atoms with Crippen molar-refractivity contribution < 1.29 is 4.79 Å². The molecular formula is C37H52O. The van der Waals surface area contributed by atoms with Gasteiger partial charge in [-0.25, -0.2) is 0 Å². The lowest BCUT2D eigenvalue weighted by molar-refractivity contribution is 0.0957. The number of benzene rings is 2. The number of Topliss-reactive ketones (excluding diaryl/α,β-unsaturated/α-hetero) is 1. The Morgan fingerprint density at radius 1 is 0.868 bits per heavy atom. The molecule has 2 saturated carbocycles. The number of carbonyl (C=O) groups is 1. The van der Waals surface area contributed by atoms with Crippen LogP contribution in [0, 0.1) is 35.5 Å². The van der Waals surface area contributed by atoms with Crippen molar-refractivity contribution in [3.63, 3.8) is 0 Å². The highest BCUT2D eigenvalue weighted by molar-refractivity contribution is 5.96. The van der Waals surface area contributed by atoms with E-state index in [-0.39, 0.29) is 0 Å². The summed E-state index contributed by atoms with van der Waals surface area (Å²) in [5.74, 6) is 5.78. The van der Waals surface area contributed by atoms with Crippen molar-refractivity contribution in [3.05, 3.63) is 70.3 Å². The maximum absolute atomic E-state index is 13.2. The van der Waals surface area contributed by atoms with Gasteiger partial charge >= 0.3 is 0 Å². The zero-order valence-electron chi connectivity index (χ0n) is 24.7. The largest absolute Gasteiger partial charge is 0.294 e. The second kappa shape index (κ2) is 12.5. The van der Waals surface area contributed by atoms with Gasteiger partial charge in [-0.15, -0.1) is 0 Å². The molecule has 0 aliphatic heterocycles. The van der Waals surface area contributed by atoms with Crippen molar-refractivity contribution in [1.82, 2.24) is 0 Å². The Balaban J connectivity index is 1.13. The molecule has 3 aliphatic carbocycles. The monoisotopic (exact) mass is 512 g/mol. The van der Waals surface area contributed by atoms with Gasteiger partial charge in [-0.05, 0) is 115 Å². The zero-order valence-corrected chi connectivity index (χ0v) is 24.7. The SMILES string of the molecule is CC1CC(C)CC([C@H](C)c2ccc3c(c2)CC[C@H](CC(=O)c2ccc(CC[C@@H]4CCCCC4C)cc2)C3)C1. The Morgan fingerprint density at radius 3 is 2.34 bits per heavy atom. The van der Waals surface area contributed by atoms with E-state index in [2.05, 4.69) is 70.2 Å². The molecule has 2 aromatic rings. The fraction of sp³-hybridized carbons (Fsp3) is 0.649. The van der Waals surface area contributed by atoms with Crippen LogP contribution in [0.2, 0.25) is 0 Å². The highest BCUT2D eigenvalue weighted by Gasteiger charge is 2.29. The Morgan fingerprint density at radius 2 is 1.61 bits per heavy atom. The molecular weight excluding hydrogens is 460 g/mol. The Kier molecular flexibility index (Phi) is 9.12. The second-order valence-electron chi connectivity index (χ2n) is 14.0. The van der Waals surface area contributed by atoms with Crippen molar-refractivity contribution >= 4 is 5.78 Å². The third-order valence-corrected chi connectivity index (χ3v) is 10.9. The lowest BCUT2D eigenvalue weighted by Gasteiger charge is -2.36. The molecule has 2 fully saturated rings. The van der Waals surface area contributed by atoms with Crippen molar-refractivity contribution in [2.24, 2.45) is 35.5 Å². The van der Waals surface area contributed by atoms with Gasteiger partial charge in [-0.2, -0.15) is 0 Å². The van der Waals surface area contributed by atoms with E-state index in [0.717, 1.165) is 60.8 Å². The van der Waals surface area contributed by atoms with E-state index in [4.69, 9.17) is 0 Å². The summed E-state index contributed by atoms with van der Waals surface area (Å²) in [5, 5.41) is 0. The number of aryl methyl sites for hydroxylation is 2. The molecule has 0 aromatic heterocycles. The van der Waals surface area contributed by atoms with E-state index >= 15 is 0 Å². The van der Waals surface area contributed by atoms with Crippen LogP contribution in [0.4, 0.5) is 0 Å². The van der Waals surface area contributed by atoms with Gasteiger partial charge in [0.2, 0.25) is 0 Å². The highest BCUT2D eigenvalue weighted by atomic mass is 16.1. The summed E-state index contributed by atoms with van der Waals surface area (Å²) in [6.07, 6.45) is 16.3. The van der Waals surface area contributed by atoms with Gasteiger partial charge in [0.25, 0.3) is 0 Å². The molecule has 0 radical (unpaired) electrons. The molecule has 38 heavy (non-hydrogen) atoms. The predicted molar refractivity (Wildman–Crippen MR) is 161 cm³/mol. The quantitative estimate of drug-likeness (QED) is 0.322. The van der Waals surface area contributed by atoms with Crippen molar-refractivity contribution in [1.29, 1.82) is 0 Å². The van der Waals surface area contributed by atoms with Gasteiger partial charge < -0.3 is 0 Å². The normalized spacial score (nSPS) is 30.4. The number of rotatable bonds is 8. The minimum absolute atomic E-state index is 0.330. The molecule has 0 bridgehead atoms. The molecule has 0 N–H and O–H groups in total. The number of hydrogen-bond donors (Lipinski definition) is 0. The number of fused-ring (bicyclic) bond motifs is 1. The average Bonchev–Trinajstić information content (AvgIpc) is 2.91. The maximum Gasteiger partial charge on any atom is 0.163 e. The molecule has 0 spiro atoms. The second-order valence-corrected chi connectivity index (χ2v) is 14.0. The molecule has 1 heteroatoms. The van der Waals surface area contributed by atoms with E-state index in [1.807, 2.05) is 0 Å². The molecule has 0 amide bonds. The molecule has 2 aromatic carbocycles. The molecule has 206 valence electrons. The summed E-state index contributed by atoms with van der Waals surface area (Å²) in [5.41, 5.74) is 6.88. The van der Waals surface area contributed by atoms with Crippen LogP contribution >= 0.6 is 0 Å². The lowest BCUT2D eigenvalue weighted by atomic mass is 9.70. The number of carbonyl (C=O) groups excluding carboxylic acids is 1. The predicted octanol–water partition coefficient (Wildman–Crippen LogP) is 10.00. The summed E-state index contributed by atoms with van der Waals surface area (Å²) in [6, 6.07) is 16.0. The summed E-state index contributed by atoms with van der Waals surface area (Å²) in [4.78, 5) is 13.2. The van der Waals surface area contributed by atoms with Crippen LogP contribution in [0.3, 0.4) is 0 Å². The van der Waals surface area contributed by atoms with Crippen molar-refractivity contribution in [2.75, 3.05) is 0 Å². The summed E-state index contributed by atoms with van der Waals surface area (Å²) >= 11 is 0. The fourth-order valence-corrected chi connectivity index (χ4v) is 8.41. The Labute approximate surface area is 233 Å². The van der Waals surface area contributed by atoms with E-state index in [9.17, 15) is 4.79 Å². The smallest absolute Gasteiger partial charge is 0.163 e. The molecule has 6 atom stereocenters. The van der Waals surface area contributed by atoms with E-state index in [1.54, 1.807) is 11.1 Å². The van der Waals surface area contributed by atoms with Gasteiger partial charge in [0.1, 0.15) is 0 Å². The first-order chi connectivity index (χ1) is 18.4. The zero-order chi connectivity index (χ0) is 26.6. The third kappa shape index (κ3) is 6.81.